The van der Waals surface area contributed by atoms with E-state index in [-0.39, 0.29) is 5.91 Å². The Balaban J connectivity index is 2.04. The number of nitrogens with one attached hydrogen (secondary N) is 1. The first-order chi connectivity index (χ1) is 13.5. The van der Waals surface area contributed by atoms with Crippen molar-refractivity contribution >= 4 is 29.6 Å². The molecule has 0 aliphatic rings. The largest absolute Gasteiger partial charge is 0.449 e. The molecule has 0 saturated carbocycles. The number of nitrogens with zero attached hydrogens (tertiary/aromatic N) is 2. The number of esters is 1. The molecule has 0 saturated heterocycles. The van der Waals surface area contributed by atoms with E-state index in [2.05, 4.69) is 10.4 Å². The summed E-state index contributed by atoms with van der Waals surface area (Å²) >= 11 is 6.46. The van der Waals surface area contributed by atoms with Gasteiger partial charge in [0.25, 0.3) is 5.91 Å². The third-order valence-corrected chi connectivity index (χ3v) is 4.51. The first-order valence-electron chi connectivity index (χ1n) is 9.45. The molecule has 1 atom stereocenters. The van der Waals surface area contributed by atoms with Gasteiger partial charge in [-0.15, -0.1) is 0 Å². The molecule has 0 unspecified atom stereocenters. The van der Waals surface area contributed by atoms with Gasteiger partial charge in [0.2, 0.25) is 0 Å². The van der Waals surface area contributed by atoms with E-state index in [0.29, 0.717) is 23.0 Å². The molecule has 0 radical (unpaired) electrons. The molecule has 0 bridgehead atoms. The molecule has 1 heterocycles. The van der Waals surface area contributed by atoms with Crippen molar-refractivity contribution in [2.45, 2.75) is 59.7 Å². The smallest absolute Gasteiger partial charge is 0.331 e. The molecule has 1 aromatic carbocycles. The Hall–Kier alpha value is -2.60. The first kappa shape index (κ1) is 22.7. The lowest BCUT2D eigenvalue weighted by atomic mass is 10.1. The van der Waals surface area contributed by atoms with Crippen LogP contribution < -0.4 is 5.32 Å². The second-order valence-electron chi connectivity index (χ2n) is 8.08. The SMILES string of the molecule is Cc1ccc(Cn2nc(C)c(/C=C/C(=O)O[C@H](C)C(=O)NC(C)(C)C)c2Cl)cc1. The van der Waals surface area contributed by atoms with E-state index in [0.717, 1.165) is 5.56 Å². The summed E-state index contributed by atoms with van der Waals surface area (Å²) < 4.78 is 6.85. The lowest BCUT2D eigenvalue weighted by Crippen LogP contribution is -2.46. The molecule has 1 amide bonds. The Labute approximate surface area is 176 Å². The topological polar surface area (TPSA) is 73.2 Å². The molecule has 0 spiro atoms. The molecule has 2 rings (SSSR count). The number of carbonyl (C=O) groups is 2. The number of rotatable bonds is 6. The predicted molar refractivity (Wildman–Crippen MR) is 115 cm³/mol. The maximum atomic E-state index is 12.1. The summed E-state index contributed by atoms with van der Waals surface area (Å²) in [6.45, 7) is 11.5. The second kappa shape index (κ2) is 9.27. The monoisotopic (exact) mass is 417 g/mol. The quantitative estimate of drug-likeness (QED) is 0.568. The summed E-state index contributed by atoms with van der Waals surface area (Å²) in [5.41, 5.74) is 3.20. The number of aromatic nitrogens is 2. The van der Waals surface area contributed by atoms with Crippen LogP contribution in [0.25, 0.3) is 6.08 Å². The van der Waals surface area contributed by atoms with Gasteiger partial charge in [-0.1, -0.05) is 41.4 Å². The number of benzene rings is 1. The third-order valence-electron chi connectivity index (χ3n) is 4.11. The van der Waals surface area contributed by atoms with Gasteiger partial charge in [0.1, 0.15) is 5.15 Å². The van der Waals surface area contributed by atoms with Crippen LogP contribution in [0.5, 0.6) is 0 Å². The lowest BCUT2D eigenvalue weighted by molar-refractivity contribution is -0.150. The summed E-state index contributed by atoms with van der Waals surface area (Å²) in [5, 5.41) is 7.66. The molecule has 1 N–H and O–H groups in total. The second-order valence-corrected chi connectivity index (χ2v) is 8.44. The normalized spacial score (nSPS) is 12.8. The van der Waals surface area contributed by atoms with Crippen molar-refractivity contribution in [2.24, 2.45) is 0 Å². The number of hydrogen-bond acceptors (Lipinski definition) is 4. The number of carbonyl (C=O) groups excluding carboxylic acids is 2. The minimum atomic E-state index is -0.896. The fourth-order valence-electron chi connectivity index (χ4n) is 2.62. The van der Waals surface area contributed by atoms with Crippen molar-refractivity contribution in [3.63, 3.8) is 0 Å². The van der Waals surface area contributed by atoms with Gasteiger partial charge in [-0.2, -0.15) is 5.10 Å². The summed E-state index contributed by atoms with van der Waals surface area (Å²) in [5.74, 6) is -0.970. The van der Waals surface area contributed by atoms with E-state index in [1.54, 1.807) is 10.8 Å². The van der Waals surface area contributed by atoms with Crippen LogP contribution in [-0.4, -0.2) is 33.3 Å². The highest BCUT2D eigenvalue weighted by molar-refractivity contribution is 6.31. The third kappa shape index (κ3) is 6.75. The maximum Gasteiger partial charge on any atom is 0.331 e. The van der Waals surface area contributed by atoms with Crippen molar-refractivity contribution in [1.82, 2.24) is 15.1 Å². The fraction of sp³-hybridized carbons (Fsp3) is 0.409. The highest BCUT2D eigenvalue weighted by Crippen LogP contribution is 2.22. The molecule has 7 heteroatoms. The lowest BCUT2D eigenvalue weighted by Gasteiger charge is -2.22. The van der Waals surface area contributed by atoms with Crippen LogP contribution in [-0.2, 0) is 20.9 Å². The standard InChI is InChI=1S/C22H28ClN3O3/c1-14-7-9-17(10-8-14)13-26-20(23)18(15(2)25-26)11-12-19(27)29-16(3)21(28)24-22(4,5)6/h7-12,16H,13H2,1-6H3,(H,24,28)/b12-11+/t16-/m1/s1. The van der Waals surface area contributed by atoms with Gasteiger partial charge in [-0.3, -0.25) is 4.79 Å². The van der Waals surface area contributed by atoms with Crippen LogP contribution in [0.2, 0.25) is 5.15 Å². The first-order valence-corrected chi connectivity index (χ1v) is 9.83. The van der Waals surface area contributed by atoms with Crippen LogP contribution in [0.1, 0.15) is 50.1 Å². The summed E-state index contributed by atoms with van der Waals surface area (Å²) in [7, 11) is 0. The summed E-state index contributed by atoms with van der Waals surface area (Å²) in [6, 6.07) is 8.12. The maximum absolute atomic E-state index is 12.1. The van der Waals surface area contributed by atoms with Gasteiger partial charge in [0, 0.05) is 17.2 Å². The van der Waals surface area contributed by atoms with Crippen molar-refractivity contribution in [1.29, 1.82) is 0 Å². The highest BCUT2D eigenvalue weighted by atomic mass is 35.5. The van der Waals surface area contributed by atoms with E-state index >= 15 is 0 Å². The Morgan fingerprint density at radius 3 is 2.45 bits per heavy atom. The van der Waals surface area contributed by atoms with Gasteiger partial charge in [0.05, 0.1) is 12.2 Å². The van der Waals surface area contributed by atoms with Gasteiger partial charge in [-0.05, 0) is 53.2 Å². The molecule has 156 valence electrons. The van der Waals surface area contributed by atoms with Gasteiger partial charge in [0.15, 0.2) is 6.10 Å². The molecule has 2 aromatic rings. The molecule has 6 nitrogen and oxygen atoms in total. The predicted octanol–water partition coefficient (Wildman–Crippen LogP) is 4.06. The number of amides is 1. The fourth-order valence-corrected chi connectivity index (χ4v) is 2.91. The van der Waals surface area contributed by atoms with E-state index in [4.69, 9.17) is 16.3 Å². The molecule has 29 heavy (non-hydrogen) atoms. The van der Waals surface area contributed by atoms with Crippen molar-refractivity contribution in [3.05, 3.63) is 57.9 Å². The van der Waals surface area contributed by atoms with E-state index in [1.807, 2.05) is 58.9 Å². The van der Waals surface area contributed by atoms with E-state index in [9.17, 15) is 9.59 Å². The summed E-state index contributed by atoms with van der Waals surface area (Å²) in [6.07, 6.45) is 1.92. The van der Waals surface area contributed by atoms with Gasteiger partial charge < -0.3 is 10.1 Å². The summed E-state index contributed by atoms with van der Waals surface area (Å²) in [4.78, 5) is 24.1. The highest BCUT2D eigenvalue weighted by Gasteiger charge is 2.21. The number of aryl methyl sites for hydroxylation is 2. The molecular formula is C22H28ClN3O3. The Morgan fingerprint density at radius 1 is 1.24 bits per heavy atom. The van der Waals surface area contributed by atoms with Gasteiger partial charge in [-0.25, -0.2) is 9.48 Å². The average Bonchev–Trinajstić information content (AvgIpc) is 2.87. The molecule has 0 aliphatic heterocycles. The zero-order valence-electron chi connectivity index (χ0n) is 17.7. The van der Waals surface area contributed by atoms with Crippen LogP contribution in [0.3, 0.4) is 0 Å². The van der Waals surface area contributed by atoms with Crippen LogP contribution in [0, 0.1) is 13.8 Å². The van der Waals surface area contributed by atoms with Crippen molar-refractivity contribution < 1.29 is 14.3 Å². The minimum Gasteiger partial charge on any atom is -0.449 e. The zero-order chi connectivity index (χ0) is 21.8. The van der Waals surface area contributed by atoms with Gasteiger partial charge >= 0.3 is 5.97 Å². The van der Waals surface area contributed by atoms with E-state index in [1.165, 1.54) is 18.6 Å². The van der Waals surface area contributed by atoms with Crippen molar-refractivity contribution in [3.8, 4) is 0 Å². The van der Waals surface area contributed by atoms with Crippen LogP contribution >= 0.6 is 11.6 Å². The van der Waals surface area contributed by atoms with E-state index < -0.39 is 17.6 Å². The molecule has 0 fully saturated rings. The van der Waals surface area contributed by atoms with Crippen LogP contribution in [0.15, 0.2) is 30.3 Å². The Morgan fingerprint density at radius 2 is 1.86 bits per heavy atom. The molecule has 0 aliphatic carbocycles. The van der Waals surface area contributed by atoms with Crippen molar-refractivity contribution in [2.75, 3.05) is 0 Å². The Bertz CT molecular complexity index is 909. The zero-order valence-corrected chi connectivity index (χ0v) is 18.5. The Kier molecular flexibility index (Phi) is 7.25. The average molecular weight is 418 g/mol. The number of hydrogen-bond donors (Lipinski definition) is 1. The minimum absolute atomic E-state index is 0.348. The van der Waals surface area contributed by atoms with Crippen LogP contribution in [0.4, 0.5) is 0 Å². The number of halogens is 1. The molecule has 1 aromatic heterocycles. The molecular weight excluding hydrogens is 390 g/mol. The number of ether oxygens (including phenoxy) is 1.